The largest absolute Gasteiger partial charge is 0.465 e. The molecule has 3 N–H and O–H groups in total. The first kappa shape index (κ1) is 35.4. The third kappa shape index (κ3) is 7.26. The normalized spacial score (nSPS) is 22.9. The number of aromatic nitrogens is 4. The van der Waals surface area contributed by atoms with Crippen molar-refractivity contribution >= 4 is 22.9 Å². The summed E-state index contributed by atoms with van der Waals surface area (Å²) in [5, 5.41) is 15.3. The molecule has 4 aromatic rings. The minimum absolute atomic E-state index is 0.268. The summed E-state index contributed by atoms with van der Waals surface area (Å²) in [5.74, 6) is 2.03. The van der Waals surface area contributed by atoms with E-state index in [2.05, 4.69) is 34.2 Å². The predicted octanol–water partition coefficient (Wildman–Crippen LogP) is 5.26. The van der Waals surface area contributed by atoms with E-state index in [0.29, 0.717) is 43.1 Å². The average Bonchev–Trinajstić information content (AvgIpc) is 3.60. The summed E-state index contributed by atoms with van der Waals surface area (Å²) in [7, 11) is 0. The van der Waals surface area contributed by atoms with E-state index in [1.807, 2.05) is 54.6 Å². The number of piperidine rings is 4. The number of ether oxygens (including phenoxy) is 1. The van der Waals surface area contributed by atoms with Crippen LogP contribution in [0.25, 0.3) is 22.3 Å². The van der Waals surface area contributed by atoms with Gasteiger partial charge in [0.25, 0.3) is 0 Å². The quantitative estimate of drug-likeness (QED) is 0.246. The topological polar surface area (TPSA) is 132 Å². The standard InChI is InChI=1S/C41H54N10O3/c42-39-37-38(29-6-8-36(9-7-29)54-35-4-2-1-3-5-35)45-51(40(37)44-28-43-39)33-16-22-48(23-17-33)34-26-50(27-34)32-12-20-47(21-13-32)30-10-18-46(19-11-30)31-14-24-49(25-15-31)41(52)53/h1-9,28,30-34H,10-27H2,(H,52,53)(H2,42,43,44). The number of nitrogens with zero attached hydrogens (tertiary/aromatic N) is 9. The number of nitrogen functional groups attached to an aromatic ring is 1. The van der Waals surface area contributed by atoms with Gasteiger partial charge >= 0.3 is 6.09 Å². The molecule has 9 rings (SSSR count). The molecule has 5 fully saturated rings. The first-order valence-electron chi connectivity index (χ1n) is 20.2. The Hall–Kier alpha value is -4.30. The van der Waals surface area contributed by atoms with Crippen LogP contribution in [0.5, 0.6) is 11.5 Å². The maximum Gasteiger partial charge on any atom is 0.407 e. The Balaban J connectivity index is 0.740. The smallest absolute Gasteiger partial charge is 0.407 e. The number of anilines is 1. The summed E-state index contributed by atoms with van der Waals surface area (Å²) < 4.78 is 8.13. The number of likely N-dealkylation sites (tertiary alicyclic amines) is 5. The Morgan fingerprint density at radius 1 is 0.630 bits per heavy atom. The zero-order chi connectivity index (χ0) is 36.6. The van der Waals surface area contributed by atoms with E-state index in [1.165, 1.54) is 51.9 Å². The van der Waals surface area contributed by atoms with Crippen LogP contribution in [0.4, 0.5) is 10.6 Å². The van der Waals surface area contributed by atoms with E-state index in [4.69, 9.17) is 15.6 Å². The minimum Gasteiger partial charge on any atom is -0.465 e. The fourth-order valence-electron chi connectivity index (χ4n) is 9.92. The van der Waals surface area contributed by atoms with E-state index in [0.717, 1.165) is 85.7 Å². The highest BCUT2D eigenvalue weighted by molar-refractivity contribution is 5.98. The number of hydrogen-bond acceptors (Lipinski definition) is 10. The summed E-state index contributed by atoms with van der Waals surface area (Å²) in [4.78, 5) is 32.8. The fraction of sp³-hybridized carbons (Fsp3) is 0.561. The molecule has 13 nitrogen and oxygen atoms in total. The van der Waals surface area contributed by atoms with Gasteiger partial charge < -0.3 is 30.3 Å². The van der Waals surface area contributed by atoms with E-state index in [1.54, 1.807) is 11.2 Å². The van der Waals surface area contributed by atoms with Crippen molar-refractivity contribution < 1.29 is 14.6 Å². The van der Waals surface area contributed by atoms with Crippen molar-refractivity contribution in [1.29, 1.82) is 0 Å². The molecular weight excluding hydrogens is 681 g/mol. The van der Waals surface area contributed by atoms with Gasteiger partial charge in [0.15, 0.2) is 5.65 Å². The molecule has 5 aliphatic heterocycles. The number of benzene rings is 2. The maximum atomic E-state index is 11.3. The molecule has 2 aromatic heterocycles. The van der Waals surface area contributed by atoms with Crippen LogP contribution in [0.15, 0.2) is 60.9 Å². The second-order valence-corrected chi connectivity index (χ2v) is 16.1. The number of rotatable bonds is 8. The Bertz CT molecular complexity index is 1870. The van der Waals surface area contributed by atoms with Crippen LogP contribution in [0.3, 0.4) is 0 Å². The van der Waals surface area contributed by atoms with E-state index >= 15 is 0 Å². The molecular formula is C41H54N10O3. The van der Waals surface area contributed by atoms with Gasteiger partial charge in [0.2, 0.25) is 0 Å². The Morgan fingerprint density at radius 3 is 1.74 bits per heavy atom. The third-order valence-electron chi connectivity index (χ3n) is 13.2. The molecule has 2 aromatic carbocycles. The van der Waals surface area contributed by atoms with E-state index < -0.39 is 6.09 Å². The van der Waals surface area contributed by atoms with Crippen molar-refractivity contribution in [3.63, 3.8) is 0 Å². The Morgan fingerprint density at radius 2 is 1.15 bits per heavy atom. The van der Waals surface area contributed by atoms with Crippen LogP contribution < -0.4 is 10.5 Å². The number of fused-ring (bicyclic) bond motifs is 1. The lowest BCUT2D eigenvalue weighted by molar-refractivity contribution is -0.0324. The van der Waals surface area contributed by atoms with Gasteiger partial charge in [0.05, 0.1) is 11.4 Å². The number of amides is 1. The van der Waals surface area contributed by atoms with Crippen LogP contribution in [-0.4, -0.2) is 145 Å². The minimum atomic E-state index is -0.767. The van der Waals surface area contributed by atoms with Crippen LogP contribution in [0.2, 0.25) is 0 Å². The van der Waals surface area contributed by atoms with Crippen LogP contribution in [0.1, 0.15) is 57.4 Å². The second kappa shape index (κ2) is 15.4. The van der Waals surface area contributed by atoms with Crippen molar-refractivity contribution in [3.05, 3.63) is 60.9 Å². The van der Waals surface area contributed by atoms with Gasteiger partial charge in [-0.25, -0.2) is 19.4 Å². The lowest BCUT2D eigenvalue weighted by Crippen LogP contribution is -2.64. The molecule has 0 aliphatic carbocycles. The van der Waals surface area contributed by atoms with Crippen LogP contribution in [-0.2, 0) is 0 Å². The third-order valence-corrected chi connectivity index (χ3v) is 13.2. The number of hydrogen-bond donors (Lipinski definition) is 2. The average molecular weight is 735 g/mol. The first-order chi connectivity index (χ1) is 26.5. The summed E-state index contributed by atoms with van der Waals surface area (Å²) in [6, 6.07) is 20.7. The molecule has 0 unspecified atom stereocenters. The number of carbonyl (C=O) groups is 1. The lowest BCUT2D eigenvalue weighted by Gasteiger charge is -2.52. The lowest BCUT2D eigenvalue weighted by atomic mass is 9.92. The molecule has 286 valence electrons. The maximum absolute atomic E-state index is 11.3. The number of nitrogens with two attached hydrogens (primary N) is 1. The van der Waals surface area contributed by atoms with Crippen molar-refractivity contribution in [2.24, 2.45) is 0 Å². The van der Waals surface area contributed by atoms with Gasteiger partial charge in [-0.05, 0) is 114 Å². The van der Waals surface area contributed by atoms with Gasteiger partial charge in [-0.15, -0.1) is 0 Å². The summed E-state index contributed by atoms with van der Waals surface area (Å²) in [6.45, 7) is 10.6. The predicted molar refractivity (Wildman–Crippen MR) is 209 cm³/mol. The number of carboxylic acid groups (broad SMARTS) is 1. The molecule has 1 amide bonds. The van der Waals surface area contributed by atoms with Gasteiger partial charge in [0.1, 0.15) is 29.3 Å². The van der Waals surface area contributed by atoms with Gasteiger partial charge in [0, 0.05) is 69.0 Å². The molecule has 5 saturated heterocycles. The van der Waals surface area contributed by atoms with E-state index in [-0.39, 0.29) is 6.04 Å². The van der Waals surface area contributed by atoms with Crippen LogP contribution in [0, 0.1) is 0 Å². The highest BCUT2D eigenvalue weighted by Crippen LogP contribution is 2.36. The SMILES string of the molecule is Nc1ncnc2c1c(-c1ccc(Oc3ccccc3)cc1)nn2C1CCN(C2CN(C3CCN(C4CCN(C5CCN(C(=O)O)CC5)CC4)CC3)C2)CC1. The monoisotopic (exact) mass is 734 g/mol. The highest BCUT2D eigenvalue weighted by Gasteiger charge is 2.40. The summed E-state index contributed by atoms with van der Waals surface area (Å²) >= 11 is 0. The molecule has 13 heteroatoms. The van der Waals surface area contributed by atoms with Crippen LogP contribution >= 0.6 is 0 Å². The first-order valence-corrected chi connectivity index (χ1v) is 20.2. The number of para-hydroxylation sites is 1. The Labute approximate surface area is 317 Å². The zero-order valence-corrected chi connectivity index (χ0v) is 31.3. The van der Waals surface area contributed by atoms with Crippen molar-refractivity contribution in [1.82, 2.24) is 44.2 Å². The Kier molecular flexibility index (Phi) is 10.1. The summed E-state index contributed by atoms with van der Waals surface area (Å²) in [6.07, 6.45) is 9.89. The van der Waals surface area contributed by atoms with Gasteiger partial charge in [-0.1, -0.05) is 18.2 Å². The molecule has 0 spiro atoms. The molecule has 5 aliphatic rings. The van der Waals surface area contributed by atoms with Crippen molar-refractivity contribution in [2.75, 3.05) is 71.2 Å². The van der Waals surface area contributed by atoms with Crippen molar-refractivity contribution in [2.45, 2.75) is 81.6 Å². The zero-order valence-electron chi connectivity index (χ0n) is 31.3. The van der Waals surface area contributed by atoms with Crippen molar-refractivity contribution in [3.8, 4) is 22.8 Å². The van der Waals surface area contributed by atoms with Gasteiger partial charge in [-0.2, -0.15) is 5.10 Å². The molecule has 54 heavy (non-hydrogen) atoms. The molecule has 0 radical (unpaired) electrons. The molecule has 0 saturated carbocycles. The fourth-order valence-corrected chi connectivity index (χ4v) is 9.92. The molecule has 0 atom stereocenters. The second-order valence-electron chi connectivity index (χ2n) is 16.1. The summed E-state index contributed by atoms with van der Waals surface area (Å²) in [5.41, 5.74) is 9.05. The molecule has 0 bridgehead atoms. The molecule has 7 heterocycles. The van der Waals surface area contributed by atoms with Gasteiger partial charge in [-0.3, -0.25) is 9.80 Å². The van der Waals surface area contributed by atoms with E-state index in [9.17, 15) is 9.90 Å². The highest BCUT2D eigenvalue weighted by atomic mass is 16.5.